The number of hydrogen-bond acceptors (Lipinski definition) is 4. The summed E-state index contributed by atoms with van der Waals surface area (Å²) in [6.07, 6.45) is 3.36. The van der Waals surface area contributed by atoms with Gasteiger partial charge in [0.1, 0.15) is 6.33 Å². The smallest absolute Gasteiger partial charge is 0.239 e. The molecule has 0 aliphatic carbocycles. The molecule has 5 heteroatoms. The Morgan fingerprint density at radius 2 is 2.36 bits per heavy atom. The molecule has 0 aromatic carbocycles. The number of rotatable bonds is 4. The summed E-state index contributed by atoms with van der Waals surface area (Å²) in [7, 11) is 0. The van der Waals surface area contributed by atoms with Gasteiger partial charge in [0.05, 0.1) is 11.5 Å². The van der Waals surface area contributed by atoms with Gasteiger partial charge in [0.15, 0.2) is 0 Å². The molecule has 76 valence electrons. The Labute approximate surface area is 83.5 Å². The molecule has 0 amide bonds. The number of anilines is 1. The molecule has 0 radical (unpaired) electrons. The average Bonchev–Trinajstić information content (AvgIpc) is 2.51. The van der Waals surface area contributed by atoms with E-state index in [0.717, 1.165) is 19.4 Å². The highest BCUT2D eigenvalue weighted by Crippen LogP contribution is 2.20. The van der Waals surface area contributed by atoms with Crippen molar-refractivity contribution in [1.29, 1.82) is 5.26 Å². The van der Waals surface area contributed by atoms with Gasteiger partial charge in [-0.1, -0.05) is 0 Å². The minimum Gasteiger partial charge on any atom is -0.367 e. The number of aromatic nitrogens is 3. The summed E-state index contributed by atoms with van der Waals surface area (Å²) >= 11 is 0. The standard InChI is InChI=1S/C9H15N5/c1-9(2,6-10)4-3-5-14-7-12-8(11)13-14/h7H,3-5H2,1-2H3,(H2,11,13). The Balaban J connectivity index is 2.33. The second kappa shape index (κ2) is 4.09. The van der Waals surface area contributed by atoms with Crippen LogP contribution in [0.2, 0.25) is 0 Å². The van der Waals surface area contributed by atoms with Gasteiger partial charge in [-0.25, -0.2) is 4.98 Å². The summed E-state index contributed by atoms with van der Waals surface area (Å²) in [5.41, 5.74) is 5.11. The van der Waals surface area contributed by atoms with Gasteiger partial charge in [-0.05, 0) is 26.7 Å². The van der Waals surface area contributed by atoms with Gasteiger partial charge in [-0.2, -0.15) is 5.26 Å². The highest BCUT2D eigenvalue weighted by atomic mass is 15.3. The van der Waals surface area contributed by atoms with Crippen molar-refractivity contribution in [3.05, 3.63) is 6.33 Å². The van der Waals surface area contributed by atoms with Crippen LogP contribution in [0.15, 0.2) is 6.33 Å². The minimum absolute atomic E-state index is 0.258. The minimum atomic E-state index is -0.258. The summed E-state index contributed by atoms with van der Waals surface area (Å²) < 4.78 is 1.70. The van der Waals surface area contributed by atoms with Crippen molar-refractivity contribution in [1.82, 2.24) is 14.8 Å². The lowest BCUT2D eigenvalue weighted by atomic mass is 9.90. The van der Waals surface area contributed by atoms with Gasteiger partial charge < -0.3 is 5.73 Å². The zero-order valence-electron chi connectivity index (χ0n) is 8.56. The number of nitrogens with zero attached hydrogens (tertiary/aromatic N) is 4. The molecule has 0 saturated carbocycles. The molecule has 14 heavy (non-hydrogen) atoms. The quantitative estimate of drug-likeness (QED) is 0.778. The van der Waals surface area contributed by atoms with Crippen LogP contribution in [0.1, 0.15) is 26.7 Å². The molecule has 0 aliphatic heterocycles. The van der Waals surface area contributed by atoms with E-state index in [1.54, 1.807) is 11.0 Å². The summed E-state index contributed by atoms with van der Waals surface area (Å²) in [6.45, 7) is 4.63. The van der Waals surface area contributed by atoms with E-state index in [9.17, 15) is 0 Å². The maximum Gasteiger partial charge on any atom is 0.239 e. The number of hydrogen-bond donors (Lipinski definition) is 1. The van der Waals surface area contributed by atoms with Crippen LogP contribution in [-0.4, -0.2) is 14.8 Å². The van der Waals surface area contributed by atoms with Gasteiger partial charge >= 0.3 is 0 Å². The van der Waals surface area contributed by atoms with Crippen molar-refractivity contribution in [2.75, 3.05) is 5.73 Å². The fraction of sp³-hybridized carbons (Fsp3) is 0.667. The third-order valence-corrected chi connectivity index (χ3v) is 2.05. The lowest BCUT2D eigenvalue weighted by molar-refractivity contribution is 0.407. The second-order valence-corrected chi connectivity index (χ2v) is 3.97. The van der Waals surface area contributed by atoms with Gasteiger partial charge in [0.2, 0.25) is 5.95 Å². The van der Waals surface area contributed by atoms with Gasteiger partial charge in [-0.3, -0.25) is 4.68 Å². The lowest BCUT2D eigenvalue weighted by Gasteiger charge is -2.13. The third-order valence-electron chi connectivity index (χ3n) is 2.05. The van der Waals surface area contributed by atoms with E-state index >= 15 is 0 Å². The predicted molar refractivity (Wildman–Crippen MR) is 53.1 cm³/mol. The largest absolute Gasteiger partial charge is 0.367 e. The topological polar surface area (TPSA) is 80.5 Å². The molecule has 5 nitrogen and oxygen atoms in total. The molecule has 0 aliphatic rings. The molecule has 1 aromatic rings. The van der Waals surface area contributed by atoms with Crippen LogP contribution in [0.4, 0.5) is 5.95 Å². The Hall–Kier alpha value is -1.57. The fourth-order valence-electron chi connectivity index (χ4n) is 1.16. The van der Waals surface area contributed by atoms with Crippen LogP contribution in [0, 0.1) is 16.7 Å². The number of aryl methyl sites for hydroxylation is 1. The monoisotopic (exact) mass is 193 g/mol. The normalized spacial score (nSPS) is 11.2. The number of nitrogens with two attached hydrogens (primary N) is 1. The molecule has 0 atom stereocenters. The zero-order valence-corrected chi connectivity index (χ0v) is 8.56. The highest BCUT2D eigenvalue weighted by Gasteiger charge is 2.15. The van der Waals surface area contributed by atoms with Gasteiger partial charge in [0, 0.05) is 6.54 Å². The molecule has 0 fully saturated rings. The van der Waals surface area contributed by atoms with Crippen LogP contribution in [0.5, 0.6) is 0 Å². The Morgan fingerprint density at radius 1 is 1.64 bits per heavy atom. The lowest BCUT2D eigenvalue weighted by Crippen LogP contribution is -2.10. The molecular formula is C9H15N5. The maximum absolute atomic E-state index is 8.79. The Kier molecular flexibility index (Phi) is 3.07. The first-order chi connectivity index (χ1) is 6.53. The highest BCUT2D eigenvalue weighted by molar-refractivity contribution is 5.09. The number of nitriles is 1. The molecular weight excluding hydrogens is 178 g/mol. The molecule has 1 heterocycles. The van der Waals surface area contributed by atoms with Crippen LogP contribution >= 0.6 is 0 Å². The van der Waals surface area contributed by atoms with E-state index in [-0.39, 0.29) is 5.41 Å². The van der Waals surface area contributed by atoms with E-state index in [2.05, 4.69) is 16.2 Å². The molecule has 0 saturated heterocycles. The maximum atomic E-state index is 8.79. The van der Waals surface area contributed by atoms with Crippen molar-refractivity contribution >= 4 is 5.95 Å². The van der Waals surface area contributed by atoms with Crippen LogP contribution in [-0.2, 0) is 6.54 Å². The zero-order chi connectivity index (χ0) is 10.6. The molecule has 2 N–H and O–H groups in total. The van der Waals surface area contributed by atoms with Gasteiger partial charge in [0.25, 0.3) is 0 Å². The van der Waals surface area contributed by atoms with Crippen LogP contribution in [0.3, 0.4) is 0 Å². The molecule has 0 unspecified atom stereocenters. The first-order valence-corrected chi connectivity index (χ1v) is 4.60. The first-order valence-electron chi connectivity index (χ1n) is 4.60. The van der Waals surface area contributed by atoms with Crippen molar-refractivity contribution < 1.29 is 0 Å². The summed E-state index contributed by atoms with van der Waals surface area (Å²) in [4.78, 5) is 3.82. The third kappa shape index (κ3) is 3.05. The SMILES string of the molecule is CC(C)(C#N)CCCn1cnc(N)n1. The van der Waals surface area contributed by atoms with E-state index in [1.165, 1.54) is 0 Å². The predicted octanol–water partition coefficient (Wildman–Crippen LogP) is 1.19. The second-order valence-electron chi connectivity index (χ2n) is 3.97. The average molecular weight is 193 g/mol. The van der Waals surface area contributed by atoms with Crippen LogP contribution in [0.25, 0.3) is 0 Å². The van der Waals surface area contributed by atoms with E-state index < -0.39 is 0 Å². The molecule has 1 rings (SSSR count). The molecule has 0 bridgehead atoms. The van der Waals surface area contributed by atoms with Gasteiger partial charge in [-0.15, -0.1) is 5.10 Å². The fourth-order valence-corrected chi connectivity index (χ4v) is 1.16. The van der Waals surface area contributed by atoms with E-state index in [4.69, 9.17) is 11.0 Å². The van der Waals surface area contributed by atoms with Crippen molar-refractivity contribution in [2.24, 2.45) is 5.41 Å². The Bertz CT molecular complexity index is 333. The van der Waals surface area contributed by atoms with E-state index in [0.29, 0.717) is 5.95 Å². The molecule has 0 spiro atoms. The Morgan fingerprint density at radius 3 is 2.86 bits per heavy atom. The first kappa shape index (κ1) is 10.5. The molecule has 1 aromatic heterocycles. The summed E-state index contributed by atoms with van der Waals surface area (Å²) in [5.74, 6) is 0.296. The number of nitrogen functional groups attached to an aromatic ring is 1. The summed E-state index contributed by atoms with van der Waals surface area (Å²) in [6, 6.07) is 2.26. The van der Waals surface area contributed by atoms with Crippen molar-refractivity contribution in [2.45, 2.75) is 33.2 Å². The van der Waals surface area contributed by atoms with Crippen LogP contribution < -0.4 is 5.73 Å². The van der Waals surface area contributed by atoms with E-state index in [1.807, 2.05) is 13.8 Å². The van der Waals surface area contributed by atoms with Crippen molar-refractivity contribution in [3.8, 4) is 6.07 Å². The van der Waals surface area contributed by atoms with Crippen molar-refractivity contribution in [3.63, 3.8) is 0 Å². The summed E-state index contributed by atoms with van der Waals surface area (Å²) in [5, 5.41) is 12.7.